The fourth-order valence-corrected chi connectivity index (χ4v) is 14.5. The molecule has 6 heteroatoms. The molecule has 0 radical (unpaired) electrons. The number of aromatic nitrogens is 1. The van der Waals surface area contributed by atoms with E-state index >= 15 is 0 Å². The predicted molar refractivity (Wildman–Crippen MR) is 352 cm³/mol. The van der Waals surface area contributed by atoms with Crippen LogP contribution < -0.4 is 20.5 Å². The van der Waals surface area contributed by atoms with Gasteiger partial charge in [-0.05, 0) is 167 Å². The summed E-state index contributed by atoms with van der Waals surface area (Å²) < 4.78 is 12.0. The van der Waals surface area contributed by atoms with Crippen LogP contribution in [0.4, 0.5) is 28.4 Å². The first-order chi connectivity index (χ1) is 38.4. The number of hydrogen-bond donors (Lipinski definition) is 1. The smallest absolute Gasteiger partial charge is 0.211 e. The van der Waals surface area contributed by atoms with Gasteiger partial charge in [0, 0.05) is 82.6 Å². The maximum atomic E-state index is 6.69. The van der Waals surface area contributed by atoms with Gasteiger partial charge in [-0.25, -0.2) is 0 Å². The number of nitrogens with one attached hydrogen (secondary N) is 1. The molecule has 0 bridgehead atoms. The van der Waals surface area contributed by atoms with Crippen molar-refractivity contribution in [3.8, 4) is 27.9 Å². The molecular weight excluding hydrogens is 1000 g/mol. The Bertz CT molecular complexity index is 4500. The molecule has 81 heavy (non-hydrogen) atoms. The Morgan fingerprint density at radius 1 is 0.469 bits per heavy atom. The molecule has 1 aliphatic carbocycles. The van der Waals surface area contributed by atoms with Gasteiger partial charge in [-0.15, -0.1) is 11.3 Å². The minimum absolute atomic E-state index is 0.00292. The third-order valence-electron chi connectivity index (χ3n) is 18.1. The lowest BCUT2D eigenvalue weighted by molar-refractivity contribution is 0.590. The van der Waals surface area contributed by atoms with Crippen LogP contribution in [-0.2, 0) is 27.1 Å². The fraction of sp³-hybridized carbons (Fsp3) is 0.253. The Morgan fingerprint density at radius 2 is 1.06 bits per heavy atom. The third-order valence-corrected chi connectivity index (χ3v) is 19.2. The van der Waals surface area contributed by atoms with Crippen molar-refractivity contribution >= 4 is 111 Å². The van der Waals surface area contributed by atoms with Gasteiger partial charge in [-0.1, -0.05) is 176 Å². The number of hydrogen-bond acceptors (Lipinski definition) is 4. The van der Waals surface area contributed by atoms with Gasteiger partial charge in [0.1, 0.15) is 11.2 Å². The highest BCUT2D eigenvalue weighted by molar-refractivity contribution is 7.29. The van der Waals surface area contributed by atoms with Crippen LogP contribution in [0.1, 0.15) is 130 Å². The highest BCUT2D eigenvalue weighted by Gasteiger charge is 2.38. The molecule has 2 aliphatic rings. The lowest BCUT2D eigenvalue weighted by atomic mass is 9.63. The minimum atomic E-state index is -0.272. The summed E-state index contributed by atoms with van der Waals surface area (Å²) in [7, 11) is 0.821. The number of para-hydroxylation sites is 1. The quantitative estimate of drug-likeness (QED) is 0.169. The van der Waals surface area contributed by atoms with Crippen LogP contribution in [0, 0.1) is 0 Å². The van der Waals surface area contributed by atoms with Crippen LogP contribution in [-0.4, -0.2) is 11.8 Å². The van der Waals surface area contributed by atoms with Gasteiger partial charge >= 0.3 is 0 Å². The van der Waals surface area contributed by atoms with Gasteiger partial charge in [0.25, 0.3) is 0 Å². The summed E-state index contributed by atoms with van der Waals surface area (Å²) in [6.07, 6.45) is 0. The standard InChI is InChI=1S/C75H72BN3OS/c1-71(2,3)43-19-26-47(27-20-43)77-62-41-61-55(54-38-50(32-35-60(54)75(61,13)14)78(48-28-21-44(22-29-48)72(4,5)6)49-30-23-45(24-31-49)73(7,8)9)39-56(62)52-33-34-53-57-40-58-51-17-15-16-18-64(51)80-65(58)42-63(57)79-68(53)67(52)76-70-69(79)59-37-46(74(10,11)12)25-36-66(59)81-70/h15-42,76-77H,1-14H3. The van der Waals surface area contributed by atoms with E-state index in [4.69, 9.17) is 4.42 Å². The van der Waals surface area contributed by atoms with Gasteiger partial charge in [0.05, 0.1) is 11.2 Å². The van der Waals surface area contributed by atoms with Gasteiger partial charge in [-0.2, -0.15) is 0 Å². The lowest BCUT2D eigenvalue weighted by Crippen LogP contribution is -2.35. The molecule has 3 aromatic heterocycles. The minimum Gasteiger partial charge on any atom is -0.456 e. The topological polar surface area (TPSA) is 33.3 Å². The van der Waals surface area contributed by atoms with Gasteiger partial charge in [0.2, 0.25) is 7.28 Å². The molecule has 9 aromatic carbocycles. The van der Waals surface area contributed by atoms with Crippen LogP contribution in [0.25, 0.3) is 81.8 Å². The largest absolute Gasteiger partial charge is 0.456 e. The summed E-state index contributed by atoms with van der Waals surface area (Å²) in [6, 6.07) is 65.1. The second-order valence-corrected chi connectivity index (χ2v) is 29.1. The van der Waals surface area contributed by atoms with Crippen molar-refractivity contribution in [1.29, 1.82) is 0 Å². The van der Waals surface area contributed by atoms with E-state index in [0.717, 1.165) is 57.7 Å². The molecule has 0 unspecified atom stereocenters. The van der Waals surface area contributed by atoms with E-state index in [1.54, 1.807) is 0 Å². The van der Waals surface area contributed by atoms with Crippen molar-refractivity contribution in [3.05, 3.63) is 203 Å². The maximum absolute atomic E-state index is 6.69. The summed E-state index contributed by atoms with van der Waals surface area (Å²) >= 11 is 1.95. The molecule has 402 valence electrons. The van der Waals surface area contributed by atoms with Crippen LogP contribution in [0.15, 0.2) is 174 Å². The SMILES string of the molecule is CC(C)(C)c1ccc(Nc2cc3c(cc2-c2ccc4c5cc6c(cc5n5c4c2Bc2sc4ccc(C(C)(C)C)cc4c2-5)oc2ccccc26)-c2cc(N(c4ccc(C(C)(C)C)cc4)c4ccc(C(C)(C)C)cc4)ccc2C3(C)C)cc1. The molecule has 4 nitrogen and oxygen atoms in total. The van der Waals surface area contributed by atoms with Crippen molar-refractivity contribution in [2.24, 2.45) is 0 Å². The normalized spacial score (nSPS) is 14.0. The summed E-state index contributed by atoms with van der Waals surface area (Å²) in [5.74, 6) is 0. The van der Waals surface area contributed by atoms with Gasteiger partial charge in [-0.3, -0.25) is 0 Å². The predicted octanol–water partition coefficient (Wildman–Crippen LogP) is 20.0. The summed E-state index contributed by atoms with van der Waals surface area (Å²) in [6.45, 7) is 32.4. The Kier molecular flexibility index (Phi) is 11.2. The molecule has 0 saturated carbocycles. The molecule has 12 aromatic rings. The molecule has 1 N–H and O–H groups in total. The Balaban J connectivity index is 1.01. The van der Waals surface area contributed by atoms with Crippen molar-refractivity contribution in [1.82, 2.24) is 4.57 Å². The number of thiophene rings is 1. The van der Waals surface area contributed by atoms with Crippen molar-refractivity contribution in [2.75, 3.05) is 10.2 Å². The number of fused-ring (bicyclic) bond motifs is 13. The van der Waals surface area contributed by atoms with E-state index in [9.17, 15) is 0 Å². The Morgan fingerprint density at radius 3 is 1.70 bits per heavy atom. The summed E-state index contributed by atoms with van der Waals surface area (Å²) in [5.41, 5.74) is 25.4. The number of nitrogens with zero attached hydrogens (tertiary/aromatic N) is 2. The maximum Gasteiger partial charge on any atom is 0.211 e. The highest BCUT2D eigenvalue weighted by atomic mass is 32.1. The monoisotopic (exact) mass is 1070 g/mol. The highest BCUT2D eigenvalue weighted by Crippen LogP contribution is 2.54. The van der Waals surface area contributed by atoms with E-state index in [0.29, 0.717) is 0 Å². The van der Waals surface area contributed by atoms with Crippen LogP contribution in [0.5, 0.6) is 0 Å². The first kappa shape index (κ1) is 51.4. The number of anilines is 5. The molecule has 4 heterocycles. The van der Waals surface area contributed by atoms with Crippen molar-refractivity contribution < 1.29 is 4.42 Å². The van der Waals surface area contributed by atoms with Crippen LogP contribution in [0.2, 0.25) is 0 Å². The molecule has 0 fully saturated rings. The van der Waals surface area contributed by atoms with Crippen LogP contribution in [0.3, 0.4) is 0 Å². The number of furan rings is 1. The molecule has 0 saturated heterocycles. The molecule has 0 spiro atoms. The number of benzene rings is 9. The van der Waals surface area contributed by atoms with E-state index in [1.165, 1.54) is 103 Å². The molecular formula is C75H72BN3OS. The second kappa shape index (κ2) is 17.6. The summed E-state index contributed by atoms with van der Waals surface area (Å²) in [5, 5.41) is 10.2. The zero-order chi connectivity index (χ0) is 56.4. The zero-order valence-corrected chi connectivity index (χ0v) is 50.4. The van der Waals surface area contributed by atoms with Crippen molar-refractivity contribution in [2.45, 2.75) is 124 Å². The van der Waals surface area contributed by atoms with Crippen LogP contribution >= 0.6 is 11.3 Å². The first-order valence-corrected chi connectivity index (χ1v) is 29.9. The number of rotatable bonds is 6. The molecule has 0 amide bonds. The average molecular weight is 1070 g/mol. The molecule has 14 rings (SSSR count). The van der Waals surface area contributed by atoms with Gasteiger partial charge in [0.15, 0.2) is 0 Å². The average Bonchev–Trinajstić information content (AvgIpc) is 4.15. The first-order valence-electron chi connectivity index (χ1n) is 29.1. The molecule has 1 aliphatic heterocycles. The summed E-state index contributed by atoms with van der Waals surface area (Å²) in [4.78, 5) is 2.45. The van der Waals surface area contributed by atoms with E-state index in [-0.39, 0.29) is 27.1 Å². The second-order valence-electron chi connectivity index (χ2n) is 28.0. The van der Waals surface area contributed by atoms with E-state index in [2.05, 4.69) is 282 Å². The lowest BCUT2D eigenvalue weighted by Gasteiger charge is -2.29. The Hall–Kier alpha value is -7.80. The Labute approximate surface area is 482 Å². The fourth-order valence-electron chi connectivity index (χ4n) is 13.3. The third kappa shape index (κ3) is 8.21. The van der Waals surface area contributed by atoms with E-state index in [1.807, 2.05) is 11.3 Å². The zero-order valence-electron chi connectivity index (χ0n) is 49.6. The van der Waals surface area contributed by atoms with Gasteiger partial charge < -0.3 is 19.2 Å². The van der Waals surface area contributed by atoms with E-state index < -0.39 is 0 Å². The van der Waals surface area contributed by atoms with Crippen molar-refractivity contribution in [3.63, 3.8) is 0 Å². The molecule has 0 atom stereocenters.